The SMILES string of the molecule is CCCCCCCCCCCCCCCC(=O)[O-].CCCCCCCCCCCCCCCC(=O)[O-].CCCCCCCCCCCCCCCC(=O)[O-].CCCCCCCCCCCCCCCC(=O)[O-].[Pb+4]. The van der Waals surface area contributed by atoms with E-state index in [1.807, 2.05) is 0 Å². The van der Waals surface area contributed by atoms with E-state index in [0.29, 0.717) is 0 Å². The molecule has 0 aliphatic carbocycles. The maximum absolute atomic E-state index is 10.2. The van der Waals surface area contributed by atoms with Gasteiger partial charge < -0.3 is 39.6 Å². The third-order valence-corrected chi connectivity index (χ3v) is 13.9. The van der Waals surface area contributed by atoms with E-state index >= 15 is 0 Å². The van der Waals surface area contributed by atoms with Gasteiger partial charge in [-0.05, 0) is 51.4 Å². The van der Waals surface area contributed by atoms with E-state index in [0.717, 1.165) is 51.4 Å². The van der Waals surface area contributed by atoms with Crippen LogP contribution >= 0.6 is 0 Å². The monoisotopic (exact) mass is 1230 g/mol. The number of carbonyl (C=O) groups excluding carboxylic acids is 4. The summed E-state index contributed by atoms with van der Waals surface area (Å²) in [4.78, 5) is 40.8. The van der Waals surface area contributed by atoms with Gasteiger partial charge in [0.05, 0.1) is 0 Å². The first-order valence-corrected chi connectivity index (χ1v) is 31.9. The van der Waals surface area contributed by atoms with Crippen molar-refractivity contribution in [3.63, 3.8) is 0 Å². The molecule has 432 valence electrons. The number of hydrogen-bond donors (Lipinski definition) is 0. The van der Waals surface area contributed by atoms with Crippen molar-refractivity contribution in [1.82, 2.24) is 0 Å². The molecule has 0 aromatic heterocycles. The fraction of sp³-hybridized carbons (Fsp3) is 0.938. The second-order valence-electron chi connectivity index (χ2n) is 21.5. The summed E-state index contributed by atoms with van der Waals surface area (Å²) in [7, 11) is 0. The van der Waals surface area contributed by atoms with Gasteiger partial charge in [0.2, 0.25) is 0 Å². The summed E-state index contributed by atoms with van der Waals surface area (Å²) in [5, 5.41) is 40.8. The molecule has 0 spiro atoms. The summed E-state index contributed by atoms with van der Waals surface area (Å²) >= 11 is 0. The van der Waals surface area contributed by atoms with Crippen molar-refractivity contribution in [2.24, 2.45) is 0 Å². The molecule has 0 bridgehead atoms. The number of carbonyl (C=O) groups is 4. The zero-order valence-electron chi connectivity index (χ0n) is 49.4. The quantitative estimate of drug-likeness (QED) is 0.0430. The van der Waals surface area contributed by atoms with Crippen LogP contribution in [0.4, 0.5) is 0 Å². The number of carboxylic acids is 4. The maximum Gasteiger partial charge on any atom is 4.00 e. The first-order valence-electron chi connectivity index (χ1n) is 31.9. The molecule has 8 nitrogen and oxygen atoms in total. The predicted octanol–water partition coefficient (Wildman–Crippen LogP) is 16.5. The Morgan fingerprint density at radius 3 is 0.342 bits per heavy atom. The van der Waals surface area contributed by atoms with Crippen LogP contribution in [0.5, 0.6) is 0 Å². The fourth-order valence-electron chi connectivity index (χ4n) is 9.15. The minimum atomic E-state index is -0.905. The Morgan fingerprint density at radius 2 is 0.260 bits per heavy atom. The molecule has 73 heavy (non-hydrogen) atoms. The Hall–Kier alpha value is -1.20. The van der Waals surface area contributed by atoms with Gasteiger partial charge in [-0.25, -0.2) is 0 Å². The summed E-state index contributed by atoms with van der Waals surface area (Å²) in [5.74, 6) is -3.62. The van der Waals surface area contributed by atoms with E-state index < -0.39 is 23.9 Å². The third kappa shape index (κ3) is 96.9. The molecule has 0 fully saturated rings. The molecule has 0 saturated heterocycles. The average molecular weight is 1230 g/mol. The van der Waals surface area contributed by atoms with Gasteiger partial charge in [0.1, 0.15) is 0 Å². The maximum atomic E-state index is 10.2. The first kappa shape index (κ1) is 80.7. The Bertz CT molecular complexity index is 879. The number of aliphatic carboxylic acids is 4. The van der Waals surface area contributed by atoms with Crippen molar-refractivity contribution < 1.29 is 39.6 Å². The van der Waals surface area contributed by atoms with E-state index in [1.54, 1.807) is 0 Å². The molecular formula is C64H124O8Pb. The van der Waals surface area contributed by atoms with Crippen LogP contribution in [-0.2, 0) is 19.2 Å². The van der Waals surface area contributed by atoms with Crippen LogP contribution in [0.1, 0.15) is 387 Å². The minimum absolute atomic E-state index is 0. The van der Waals surface area contributed by atoms with Crippen molar-refractivity contribution in [3.8, 4) is 0 Å². The molecule has 0 heterocycles. The van der Waals surface area contributed by atoms with Crippen LogP contribution < -0.4 is 20.4 Å². The molecule has 0 radical (unpaired) electrons. The average Bonchev–Trinajstić information content (AvgIpc) is 3.35. The number of unbranched alkanes of at least 4 members (excludes halogenated alkanes) is 48. The third-order valence-electron chi connectivity index (χ3n) is 13.9. The van der Waals surface area contributed by atoms with Gasteiger partial charge in [-0.1, -0.05) is 336 Å². The van der Waals surface area contributed by atoms with Crippen molar-refractivity contribution in [2.45, 2.75) is 387 Å². The van der Waals surface area contributed by atoms with Gasteiger partial charge in [0.25, 0.3) is 0 Å². The van der Waals surface area contributed by atoms with E-state index in [9.17, 15) is 39.6 Å². The van der Waals surface area contributed by atoms with Gasteiger partial charge in [-0.2, -0.15) is 0 Å². The molecule has 9 heteroatoms. The van der Waals surface area contributed by atoms with Crippen LogP contribution in [0.15, 0.2) is 0 Å². The zero-order chi connectivity index (χ0) is 53.9. The van der Waals surface area contributed by atoms with Crippen molar-refractivity contribution in [2.75, 3.05) is 0 Å². The van der Waals surface area contributed by atoms with E-state index in [1.165, 1.54) is 283 Å². The standard InChI is InChI=1S/4C16H32O2.Pb/c4*1-2-3-4-5-6-7-8-9-10-11-12-13-14-15-16(17)18;/h4*2-15H2,1H3,(H,17,18);/q;;;;+4/p-4. The van der Waals surface area contributed by atoms with Crippen molar-refractivity contribution in [3.05, 3.63) is 0 Å². The number of carboxylic acid groups (broad SMARTS) is 4. The Labute approximate surface area is 475 Å². The largest absolute Gasteiger partial charge is 4.00 e. The van der Waals surface area contributed by atoms with Gasteiger partial charge >= 0.3 is 27.3 Å². The Morgan fingerprint density at radius 1 is 0.178 bits per heavy atom. The summed E-state index contributed by atoms with van der Waals surface area (Å²) < 4.78 is 0. The Kier molecular flexibility index (Phi) is 85.4. The number of hydrogen-bond acceptors (Lipinski definition) is 8. The van der Waals surface area contributed by atoms with E-state index in [-0.39, 0.29) is 53.0 Å². The van der Waals surface area contributed by atoms with Gasteiger partial charge in [0.15, 0.2) is 0 Å². The molecule has 0 aromatic rings. The van der Waals surface area contributed by atoms with E-state index in [4.69, 9.17) is 0 Å². The second kappa shape index (κ2) is 77.3. The molecule has 0 saturated carbocycles. The Balaban J connectivity index is -0.000000280. The summed E-state index contributed by atoms with van der Waals surface area (Å²) in [5.41, 5.74) is 0. The molecule has 0 aromatic carbocycles. The molecule has 0 atom stereocenters. The van der Waals surface area contributed by atoms with Gasteiger partial charge in [-0.3, -0.25) is 0 Å². The predicted molar refractivity (Wildman–Crippen MR) is 307 cm³/mol. The van der Waals surface area contributed by atoms with E-state index in [2.05, 4.69) is 27.7 Å². The van der Waals surface area contributed by atoms with Crippen LogP contribution in [0, 0.1) is 0 Å². The van der Waals surface area contributed by atoms with Crippen LogP contribution in [0.3, 0.4) is 0 Å². The molecule has 0 N–H and O–H groups in total. The fourth-order valence-corrected chi connectivity index (χ4v) is 9.15. The number of rotatable bonds is 56. The zero-order valence-corrected chi connectivity index (χ0v) is 53.3. The molecule has 0 aliphatic heterocycles. The molecule has 0 unspecified atom stereocenters. The normalized spacial score (nSPS) is 10.6. The van der Waals surface area contributed by atoms with Crippen LogP contribution in [0.2, 0.25) is 0 Å². The van der Waals surface area contributed by atoms with Gasteiger partial charge in [0, 0.05) is 23.9 Å². The first-order chi connectivity index (χ1) is 35.1. The topological polar surface area (TPSA) is 161 Å². The summed E-state index contributed by atoms with van der Waals surface area (Å²) in [6, 6.07) is 0. The summed E-state index contributed by atoms with van der Waals surface area (Å²) in [6.45, 7) is 9.03. The van der Waals surface area contributed by atoms with Crippen LogP contribution in [-0.4, -0.2) is 51.2 Å². The van der Waals surface area contributed by atoms with Crippen molar-refractivity contribution >= 4 is 51.2 Å². The molecular weight excluding hydrogens is 1100 g/mol. The molecule has 0 amide bonds. The summed E-state index contributed by atoms with van der Waals surface area (Å²) in [6.07, 6.45) is 67.7. The van der Waals surface area contributed by atoms with Gasteiger partial charge in [-0.15, -0.1) is 0 Å². The van der Waals surface area contributed by atoms with Crippen molar-refractivity contribution in [1.29, 1.82) is 0 Å². The molecule has 0 rings (SSSR count). The smallest absolute Gasteiger partial charge is 0.550 e. The molecule has 0 aliphatic rings. The second-order valence-corrected chi connectivity index (χ2v) is 21.5. The minimum Gasteiger partial charge on any atom is -0.550 e. The van der Waals surface area contributed by atoms with Crippen LogP contribution in [0.25, 0.3) is 0 Å².